The molecule has 0 fully saturated rings. The molecule has 5 nitrogen and oxygen atoms in total. The zero-order valence-corrected chi connectivity index (χ0v) is 11.6. The number of nitrogens with zero attached hydrogens (tertiary/aromatic N) is 1. The zero-order valence-electron chi connectivity index (χ0n) is 11.6. The Labute approximate surface area is 111 Å². The average molecular weight is 263 g/mol. The van der Waals surface area contributed by atoms with Crippen LogP contribution in [0.5, 0.6) is 0 Å². The molecule has 0 aliphatic heterocycles. The molecule has 0 aromatic rings. The Morgan fingerprint density at radius 3 is 1.67 bits per heavy atom. The van der Waals surface area contributed by atoms with Crippen molar-refractivity contribution in [2.45, 2.75) is 51.9 Å². The quantitative estimate of drug-likeness (QED) is 0.370. The summed E-state index contributed by atoms with van der Waals surface area (Å²) in [7, 11) is 0. The van der Waals surface area contributed by atoms with E-state index in [1.807, 2.05) is 0 Å². The van der Waals surface area contributed by atoms with Gasteiger partial charge in [-0.2, -0.15) is 0 Å². The topological polar surface area (TPSA) is 62.2 Å². The van der Waals surface area contributed by atoms with Gasteiger partial charge in [0.05, 0.1) is 19.8 Å². The summed E-state index contributed by atoms with van der Waals surface area (Å²) in [6.07, 6.45) is 6.48. The number of hydroxylamine groups is 2. The number of hydrogen-bond donors (Lipinski definition) is 2. The number of aliphatic hydroxyl groups is 2. The molecule has 0 aromatic heterocycles. The fourth-order valence-electron chi connectivity index (χ4n) is 1.46. The molecule has 110 valence electrons. The molecule has 0 aromatic carbocycles. The molecule has 0 bridgehead atoms. The van der Waals surface area contributed by atoms with E-state index in [0.29, 0.717) is 13.2 Å². The van der Waals surface area contributed by atoms with Gasteiger partial charge in [0, 0.05) is 13.2 Å². The smallest absolute Gasteiger partial charge is 0.0711 e. The number of rotatable bonds is 14. The third kappa shape index (κ3) is 12.3. The molecule has 0 aliphatic rings. The average Bonchev–Trinajstić information content (AvgIpc) is 2.38. The molecule has 0 saturated carbocycles. The van der Waals surface area contributed by atoms with E-state index < -0.39 is 0 Å². The van der Waals surface area contributed by atoms with Crippen LogP contribution in [0.3, 0.4) is 0 Å². The van der Waals surface area contributed by atoms with E-state index >= 15 is 0 Å². The van der Waals surface area contributed by atoms with Gasteiger partial charge in [0.15, 0.2) is 0 Å². The van der Waals surface area contributed by atoms with Crippen LogP contribution in [0.15, 0.2) is 0 Å². The minimum atomic E-state index is 0.250. The Balaban J connectivity index is 3.45. The molecule has 0 rings (SSSR count). The lowest BCUT2D eigenvalue weighted by Crippen LogP contribution is -2.26. The van der Waals surface area contributed by atoms with E-state index in [9.17, 15) is 0 Å². The second-order valence-electron chi connectivity index (χ2n) is 4.29. The standard InChI is InChI=1S/C13H29NO4/c1-2-9-14(17-12-7-3-5-10-15)18-13-8-4-6-11-16/h15-16H,2-13H2,1H3. The van der Waals surface area contributed by atoms with Crippen LogP contribution >= 0.6 is 0 Å². The van der Waals surface area contributed by atoms with Crippen LogP contribution < -0.4 is 0 Å². The van der Waals surface area contributed by atoms with Gasteiger partial charge in [0.25, 0.3) is 0 Å². The lowest BCUT2D eigenvalue weighted by atomic mass is 10.2. The minimum Gasteiger partial charge on any atom is -0.396 e. The second kappa shape index (κ2) is 14.9. The summed E-state index contributed by atoms with van der Waals surface area (Å²) < 4.78 is 0. The third-order valence-corrected chi connectivity index (χ3v) is 2.48. The van der Waals surface area contributed by atoms with E-state index in [1.54, 1.807) is 5.23 Å². The fourth-order valence-corrected chi connectivity index (χ4v) is 1.46. The summed E-state index contributed by atoms with van der Waals surface area (Å²) in [5.74, 6) is 0. The largest absolute Gasteiger partial charge is 0.396 e. The van der Waals surface area contributed by atoms with Crippen LogP contribution in [0.25, 0.3) is 0 Å². The van der Waals surface area contributed by atoms with Crippen LogP contribution in [0.2, 0.25) is 0 Å². The Hall–Kier alpha value is -0.200. The number of hydrogen-bond acceptors (Lipinski definition) is 5. The highest BCUT2D eigenvalue weighted by Gasteiger charge is 2.04. The predicted octanol–water partition coefficient (Wildman–Crippen LogP) is 1.89. The molecule has 0 atom stereocenters. The van der Waals surface area contributed by atoms with E-state index in [1.165, 1.54) is 0 Å². The molecule has 0 unspecified atom stereocenters. The van der Waals surface area contributed by atoms with Crippen LogP contribution in [0.1, 0.15) is 51.9 Å². The van der Waals surface area contributed by atoms with Crippen molar-refractivity contribution in [3.05, 3.63) is 0 Å². The van der Waals surface area contributed by atoms with Crippen LogP contribution in [-0.4, -0.2) is 48.4 Å². The number of aliphatic hydroxyl groups excluding tert-OH is 2. The van der Waals surface area contributed by atoms with Crippen LogP contribution in [-0.2, 0) is 9.68 Å². The maximum absolute atomic E-state index is 8.65. The van der Waals surface area contributed by atoms with Crippen molar-refractivity contribution in [3.63, 3.8) is 0 Å². The highest BCUT2D eigenvalue weighted by molar-refractivity contribution is 4.40. The van der Waals surface area contributed by atoms with Crippen LogP contribution in [0.4, 0.5) is 0 Å². The SMILES string of the molecule is CCCN(OCCCCCO)OCCCCCO. The first-order chi connectivity index (χ1) is 8.85. The Morgan fingerprint density at radius 1 is 0.778 bits per heavy atom. The Kier molecular flexibility index (Phi) is 14.7. The third-order valence-electron chi connectivity index (χ3n) is 2.48. The van der Waals surface area contributed by atoms with Crippen molar-refractivity contribution in [2.24, 2.45) is 0 Å². The van der Waals surface area contributed by atoms with Gasteiger partial charge in [0.2, 0.25) is 0 Å². The fraction of sp³-hybridized carbons (Fsp3) is 1.00. The molecule has 0 amide bonds. The molecule has 0 heterocycles. The van der Waals surface area contributed by atoms with Gasteiger partial charge in [-0.25, -0.2) is 0 Å². The van der Waals surface area contributed by atoms with Gasteiger partial charge < -0.3 is 10.2 Å². The van der Waals surface area contributed by atoms with Crippen molar-refractivity contribution in [2.75, 3.05) is 33.0 Å². The first-order valence-electron chi connectivity index (χ1n) is 7.10. The number of unbranched alkanes of at least 4 members (excludes halogenated alkanes) is 4. The predicted molar refractivity (Wildman–Crippen MR) is 70.8 cm³/mol. The van der Waals surface area contributed by atoms with Gasteiger partial charge in [-0.3, -0.25) is 9.68 Å². The molecule has 5 heteroatoms. The summed E-state index contributed by atoms with van der Waals surface area (Å²) in [4.78, 5) is 11.0. The van der Waals surface area contributed by atoms with Crippen LogP contribution in [0, 0.1) is 0 Å². The molecule has 0 saturated heterocycles. The monoisotopic (exact) mass is 263 g/mol. The summed E-state index contributed by atoms with van der Waals surface area (Å²) >= 11 is 0. The first-order valence-corrected chi connectivity index (χ1v) is 7.10. The molecule has 2 N–H and O–H groups in total. The van der Waals surface area contributed by atoms with Gasteiger partial charge in [-0.05, 0) is 44.9 Å². The molecular formula is C13H29NO4. The van der Waals surface area contributed by atoms with Gasteiger partial charge in [0.1, 0.15) is 0 Å². The maximum Gasteiger partial charge on any atom is 0.0711 e. The Morgan fingerprint density at radius 2 is 1.28 bits per heavy atom. The normalized spacial score (nSPS) is 11.3. The van der Waals surface area contributed by atoms with E-state index in [0.717, 1.165) is 51.5 Å². The Bertz CT molecular complexity index is 144. The van der Waals surface area contributed by atoms with E-state index in [4.69, 9.17) is 19.9 Å². The highest BCUT2D eigenvalue weighted by atomic mass is 16.9. The molecule has 0 radical (unpaired) electrons. The molecule has 0 aliphatic carbocycles. The summed E-state index contributed by atoms with van der Waals surface area (Å²) in [5, 5.41) is 18.9. The van der Waals surface area contributed by atoms with Crippen molar-refractivity contribution in [1.29, 1.82) is 0 Å². The lowest BCUT2D eigenvalue weighted by Gasteiger charge is -2.20. The zero-order chi connectivity index (χ0) is 13.5. The minimum absolute atomic E-state index is 0.250. The van der Waals surface area contributed by atoms with Crippen molar-refractivity contribution in [1.82, 2.24) is 5.23 Å². The van der Waals surface area contributed by atoms with E-state index in [2.05, 4.69) is 6.92 Å². The summed E-state index contributed by atoms with van der Waals surface area (Å²) in [6.45, 7) is 4.62. The summed E-state index contributed by atoms with van der Waals surface area (Å²) in [6, 6.07) is 0. The molecule has 18 heavy (non-hydrogen) atoms. The van der Waals surface area contributed by atoms with Gasteiger partial charge in [-0.1, -0.05) is 12.2 Å². The molecular weight excluding hydrogens is 234 g/mol. The highest BCUT2D eigenvalue weighted by Crippen LogP contribution is 2.02. The second-order valence-corrected chi connectivity index (χ2v) is 4.29. The first kappa shape index (κ1) is 17.8. The van der Waals surface area contributed by atoms with Crippen molar-refractivity contribution in [3.8, 4) is 0 Å². The maximum atomic E-state index is 8.65. The van der Waals surface area contributed by atoms with Gasteiger partial charge in [-0.15, -0.1) is 0 Å². The van der Waals surface area contributed by atoms with Crippen molar-refractivity contribution < 1.29 is 19.9 Å². The molecule has 0 spiro atoms. The summed E-state index contributed by atoms with van der Waals surface area (Å²) in [5.41, 5.74) is 0. The van der Waals surface area contributed by atoms with E-state index in [-0.39, 0.29) is 13.2 Å². The van der Waals surface area contributed by atoms with Crippen molar-refractivity contribution >= 4 is 0 Å². The van der Waals surface area contributed by atoms with Gasteiger partial charge >= 0.3 is 0 Å². The lowest BCUT2D eigenvalue weighted by molar-refractivity contribution is -0.368.